The van der Waals surface area contributed by atoms with Crippen molar-refractivity contribution in [2.45, 2.75) is 0 Å². The molecule has 0 spiro atoms. The first-order valence-corrected chi connectivity index (χ1v) is 9.82. The third kappa shape index (κ3) is 5.68. The van der Waals surface area contributed by atoms with Gasteiger partial charge >= 0.3 is 0 Å². The highest BCUT2D eigenvalue weighted by Crippen LogP contribution is 2.24. The minimum atomic E-state index is -0.295. The van der Waals surface area contributed by atoms with Crippen LogP contribution in [0.1, 0.15) is 10.4 Å². The van der Waals surface area contributed by atoms with E-state index >= 15 is 0 Å². The lowest BCUT2D eigenvalue weighted by atomic mass is 10.1. The van der Waals surface area contributed by atoms with E-state index in [1.165, 1.54) is 4.90 Å². The average molecular weight is 453 g/mol. The fraction of sp³-hybridized carbons (Fsp3) is 0.130. The Kier molecular flexibility index (Phi) is 6.67. The number of benzene rings is 3. The van der Waals surface area contributed by atoms with Crippen LogP contribution in [0.2, 0.25) is 0 Å². The summed E-state index contributed by atoms with van der Waals surface area (Å²) in [6, 6.07) is 22.4. The first kappa shape index (κ1) is 20.6. The SMILES string of the molecule is CN(C)C(=O)c1cccc(NC(=O)COc2ccc(-c3ccc(Br)cc3)cc2)c1. The molecule has 6 heteroatoms. The Morgan fingerprint density at radius 1 is 0.931 bits per heavy atom. The molecule has 0 atom stereocenters. The van der Waals surface area contributed by atoms with Crippen LogP contribution in [0.5, 0.6) is 5.75 Å². The van der Waals surface area contributed by atoms with Gasteiger partial charge in [-0.05, 0) is 53.6 Å². The lowest BCUT2D eigenvalue weighted by Crippen LogP contribution is -2.23. The minimum Gasteiger partial charge on any atom is -0.484 e. The standard InChI is InChI=1S/C23H21BrN2O3/c1-26(2)23(28)18-4-3-5-20(14-18)25-22(27)15-29-21-12-8-17(9-13-21)16-6-10-19(24)11-7-16/h3-14H,15H2,1-2H3,(H,25,27). The number of carbonyl (C=O) groups is 2. The lowest BCUT2D eigenvalue weighted by molar-refractivity contribution is -0.118. The van der Waals surface area contributed by atoms with Gasteiger partial charge in [0.05, 0.1) is 0 Å². The molecule has 1 N–H and O–H groups in total. The summed E-state index contributed by atoms with van der Waals surface area (Å²) in [4.78, 5) is 25.7. The molecule has 0 aliphatic carbocycles. The number of nitrogens with zero attached hydrogens (tertiary/aromatic N) is 1. The van der Waals surface area contributed by atoms with Gasteiger partial charge in [0.25, 0.3) is 11.8 Å². The van der Waals surface area contributed by atoms with Crippen LogP contribution in [0.15, 0.2) is 77.3 Å². The lowest BCUT2D eigenvalue weighted by Gasteiger charge is -2.12. The van der Waals surface area contributed by atoms with Crippen LogP contribution in [0, 0.1) is 0 Å². The van der Waals surface area contributed by atoms with Gasteiger partial charge in [0, 0.05) is 29.8 Å². The third-order valence-corrected chi connectivity index (χ3v) is 4.73. The summed E-state index contributed by atoms with van der Waals surface area (Å²) in [5.41, 5.74) is 3.23. The minimum absolute atomic E-state index is 0.122. The van der Waals surface area contributed by atoms with Gasteiger partial charge in [0.1, 0.15) is 5.75 Å². The highest BCUT2D eigenvalue weighted by molar-refractivity contribution is 9.10. The van der Waals surface area contributed by atoms with Gasteiger partial charge in [0.15, 0.2) is 6.61 Å². The summed E-state index contributed by atoms with van der Waals surface area (Å²) in [5, 5.41) is 2.75. The summed E-state index contributed by atoms with van der Waals surface area (Å²) in [6.45, 7) is -0.122. The predicted octanol–water partition coefficient (Wildman–Crippen LogP) is 4.84. The monoisotopic (exact) mass is 452 g/mol. The van der Waals surface area contributed by atoms with Crippen LogP contribution in [-0.2, 0) is 4.79 Å². The van der Waals surface area contributed by atoms with Crippen LogP contribution in [0.3, 0.4) is 0 Å². The van der Waals surface area contributed by atoms with Crippen molar-refractivity contribution in [1.82, 2.24) is 4.90 Å². The summed E-state index contributed by atoms with van der Waals surface area (Å²) in [5.74, 6) is 0.192. The Labute approximate surface area is 178 Å². The topological polar surface area (TPSA) is 58.6 Å². The highest BCUT2D eigenvalue weighted by atomic mass is 79.9. The molecule has 0 bridgehead atoms. The molecule has 29 heavy (non-hydrogen) atoms. The maximum absolute atomic E-state index is 12.2. The Bertz CT molecular complexity index is 999. The second-order valence-corrected chi connectivity index (χ2v) is 7.56. The van der Waals surface area contributed by atoms with Gasteiger partial charge in [-0.3, -0.25) is 9.59 Å². The maximum atomic E-state index is 12.2. The molecule has 3 aromatic carbocycles. The molecule has 5 nitrogen and oxygen atoms in total. The van der Waals surface area contributed by atoms with Gasteiger partial charge in [-0.25, -0.2) is 0 Å². The molecule has 0 unspecified atom stereocenters. The largest absolute Gasteiger partial charge is 0.484 e. The van der Waals surface area contributed by atoms with Crippen molar-refractivity contribution in [3.05, 3.63) is 82.8 Å². The molecule has 0 aromatic heterocycles. The average Bonchev–Trinajstić information content (AvgIpc) is 2.73. The quantitative estimate of drug-likeness (QED) is 0.582. The number of hydrogen-bond donors (Lipinski definition) is 1. The van der Waals surface area contributed by atoms with E-state index in [0.717, 1.165) is 15.6 Å². The van der Waals surface area contributed by atoms with Crippen LogP contribution >= 0.6 is 15.9 Å². The molecule has 0 heterocycles. The molecule has 3 aromatic rings. The van der Waals surface area contributed by atoms with Gasteiger partial charge in [-0.1, -0.05) is 46.3 Å². The van der Waals surface area contributed by atoms with Crippen molar-refractivity contribution in [2.75, 3.05) is 26.0 Å². The van der Waals surface area contributed by atoms with Crippen LogP contribution in [-0.4, -0.2) is 37.4 Å². The Balaban J connectivity index is 1.56. The number of ether oxygens (including phenoxy) is 1. The molecule has 3 rings (SSSR count). The van der Waals surface area contributed by atoms with E-state index in [4.69, 9.17) is 4.74 Å². The van der Waals surface area contributed by atoms with Crippen molar-refractivity contribution in [3.63, 3.8) is 0 Å². The molecular formula is C23H21BrN2O3. The number of halogens is 1. The Morgan fingerprint density at radius 2 is 1.55 bits per heavy atom. The molecule has 0 aliphatic rings. The van der Waals surface area contributed by atoms with Crippen LogP contribution in [0.4, 0.5) is 5.69 Å². The first-order chi connectivity index (χ1) is 13.9. The molecule has 0 saturated heterocycles. The molecule has 2 amide bonds. The fourth-order valence-corrected chi connectivity index (χ4v) is 2.98. The van der Waals surface area contributed by atoms with Gasteiger partial charge in [-0.15, -0.1) is 0 Å². The van der Waals surface area contributed by atoms with Crippen molar-refractivity contribution >= 4 is 33.4 Å². The second kappa shape index (κ2) is 9.39. The Hall–Kier alpha value is -3.12. The third-order valence-electron chi connectivity index (χ3n) is 4.20. The number of anilines is 1. The van der Waals surface area contributed by atoms with Crippen LogP contribution in [0.25, 0.3) is 11.1 Å². The summed E-state index contributed by atoms with van der Waals surface area (Å²) < 4.78 is 6.60. The van der Waals surface area contributed by atoms with Gasteiger partial charge in [-0.2, -0.15) is 0 Å². The number of carbonyl (C=O) groups excluding carboxylic acids is 2. The molecular weight excluding hydrogens is 432 g/mol. The number of rotatable bonds is 6. The molecule has 0 aliphatic heterocycles. The summed E-state index contributed by atoms with van der Waals surface area (Å²) >= 11 is 3.43. The number of hydrogen-bond acceptors (Lipinski definition) is 3. The van der Waals surface area contributed by atoms with E-state index < -0.39 is 0 Å². The van der Waals surface area contributed by atoms with Crippen molar-refractivity contribution < 1.29 is 14.3 Å². The zero-order valence-corrected chi connectivity index (χ0v) is 17.8. The molecule has 0 fully saturated rings. The molecule has 0 radical (unpaired) electrons. The van der Waals surface area contributed by atoms with E-state index in [0.29, 0.717) is 17.0 Å². The normalized spacial score (nSPS) is 10.3. The zero-order chi connectivity index (χ0) is 20.8. The molecule has 0 saturated carbocycles. The fourth-order valence-electron chi connectivity index (χ4n) is 2.72. The zero-order valence-electron chi connectivity index (χ0n) is 16.2. The highest BCUT2D eigenvalue weighted by Gasteiger charge is 2.10. The predicted molar refractivity (Wildman–Crippen MR) is 118 cm³/mol. The van der Waals surface area contributed by atoms with Crippen LogP contribution < -0.4 is 10.1 Å². The van der Waals surface area contributed by atoms with E-state index in [-0.39, 0.29) is 18.4 Å². The molecule has 148 valence electrons. The van der Waals surface area contributed by atoms with E-state index in [2.05, 4.69) is 21.2 Å². The maximum Gasteiger partial charge on any atom is 0.262 e. The first-order valence-electron chi connectivity index (χ1n) is 9.03. The number of amides is 2. The van der Waals surface area contributed by atoms with Gasteiger partial charge in [0.2, 0.25) is 0 Å². The smallest absolute Gasteiger partial charge is 0.262 e. The van der Waals surface area contributed by atoms with E-state index in [1.54, 1.807) is 38.4 Å². The summed E-state index contributed by atoms with van der Waals surface area (Å²) in [6.07, 6.45) is 0. The summed E-state index contributed by atoms with van der Waals surface area (Å²) in [7, 11) is 3.37. The number of nitrogens with one attached hydrogen (secondary N) is 1. The second-order valence-electron chi connectivity index (χ2n) is 6.65. The van der Waals surface area contributed by atoms with Crippen molar-refractivity contribution in [1.29, 1.82) is 0 Å². The van der Waals surface area contributed by atoms with Crippen molar-refractivity contribution in [3.8, 4) is 16.9 Å². The van der Waals surface area contributed by atoms with Crippen molar-refractivity contribution in [2.24, 2.45) is 0 Å². The van der Waals surface area contributed by atoms with E-state index in [1.807, 2.05) is 48.5 Å². The van der Waals surface area contributed by atoms with Gasteiger partial charge < -0.3 is 15.0 Å². The Morgan fingerprint density at radius 3 is 2.17 bits per heavy atom. The van der Waals surface area contributed by atoms with E-state index in [9.17, 15) is 9.59 Å².